The van der Waals surface area contributed by atoms with Gasteiger partial charge in [-0.05, 0) is 32.9 Å². The lowest BCUT2D eigenvalue weighted by molar-refractivity contribution is -0.0570. The lowest BCUT2D eigenvalue weighted by Gasteiger charge is -2.39. The number of rotatable bonds is 3. The lowest BCUT2D eigenvalue weighted by atomic mass is 9.88. The standard InChI is InChI=1S/C9H20N2O/c1-11-7-4-9(12-2,3-6-10)5-8-11/h3-8,10H2,1-2H3. The van der Waals surface area contributed by atoms with Crippen LogP contribution in [0.25, 0.3) is 0 Å². The summed E-state index contributed by atoms with van der Waals surface area (Å²) in [7, 11) is 3.96. The summed E-state index contributed by atoms with van der Waals surface area (Å²) in [5.74, 6) is 0. The molecule has 1 rings (SSSR count). The maximum atomic E-state index is 5.56. The van der Waals surface area contributed by atoms with Crippen molar-refractivity contribution in [3.63, 3.8) is 0 Å². The van der Waals surface area contributed by atoms with E-state index in [2.05, 4.69) is 11.9 Å². The molecule has 0 aromatic heterocycles. The second kappa shape index (κ2) is 4.21. The molecular weight excluding hydrogens is 152 g/mol. The third-order valence-corrected chi connectivity index (χ3v) is 2.93. The molecule has 0 aliphatic carbocycles. The summed E-state index contributed by atoms with van der Waals surface area (Å²) in [6, 6.07) is 0. The smallest absolute Gasteiger partial charge is 0.0715 e. The molecule has 1 fully saturated rings. The Labute approximate surface area is 74.9 Å². The van der Waals surface area contributed by atoms with Gasteiger partial charge in [-0.1, -0.05) is 0 Å². The molecule has 1 aliphatic rings. The second-order valence-corrected chi connectivity index (χ2v) is 3.73. The minimum Gasteiger partial charge on any atom is -0.378 e. The number of hydrogen-bond acceptors (Lipinski definition) is 3. The van der Waals surface area contributed by atoms with E-state index in [9.17, 15) is 0 Å². The molecule has 1 heterocycles. The molecule has 0 aromatic rings. The van der Waals surface area contributed by atoms with Crippen LogP contribution < -0.4 is 5.73 Å². The zero-order chi connectivity index (χ0) is 9.03. The molecule has 0 spiro atoms. The summed E-state index contributed by atoms with van der Waals surface area (Å²) in [6.07, 6.45) is 3.24. The average molecular weight is 172 g/mol. The summed E-state index contributed by atoms with van der Waals surface area (Å²) in [4.78, 5) is 2.34. The fourth-order valence-corrected chi connectivity index (χ4v) is 1.85. The molecule has 0 radical (unpaired) electrons. The van der Waals surface area contributed by atoms with Gasteiger partial charge in [-0.3, -0.25) is 0 Å². The molecule has 0 unspecified atom stereocenters. The van der Waals surface area contributed by atoms with Gasteiger partial charge in [0, 0.05) is 20.2 Å². The van der Waals surface area contributed by atoms with Crippen LogP contribution in [0.2, 0.25) is 0 Å². The first-order chi connectivity index (χ1) is 5.72. The minimum absolute atomic E-state index is 0.0846. The molecular formula is C9H20N2O. The van der Waals surface area contributed by atoms with E-state index in [4.69, 9.17) is 10.5 Å². The van der Waals surface area contributed by atoms with E-state index in [1.807, 2.05) is 0 Å². The highest BCUT2D eigenvalue weighted by molar-refractivity contribution is 4.86. The van der Waals surface area contributed by atoms with Crippen LogP contribution in [0.4, 0.5) is 0 Å². The summed E-state index contributed by atoms with van der Waals surface area (Å²) < 4.78 is 5.56. The zero-order valence-corrected chi connectivity index (χ0v) is 8.18. The maximum absolute atomic E-state index is 5.56. The van der Waals surface area contributed by atoms with E-state index in [1.54, 1.807) is 7.11 Å². The summed E-state index contributed by atoms with van der Waals surface area (Å²) >= 11 is 0. The second-order valence-electron chi connectivity index (χ2n) is 3.73. The van der Waals surface area contributed by atoms with E-state index < -0.39 is 0 Å². The number of methoxy groups -OCH3 is 1. The van der Waals surface area contributed by atoms with Crippen LogP contribution in [0.3, 0.4) is 0 Å². The first-order valence-electron chi connectivity index (χ1n) is 4.66. The Morgan fingerprint density at radius 1 is 1.42 bits per heavy atom. The Kier molecular flexibility index (Phi) is 3.50. The van der Waals surface area contributed by atoms with Crippen LogP contribution in [0.5, 0.6) is 0 Å². The fourth-order valence-electron chi connectivity index (χ4n) is 1.85. The molecule has 0 aromatic carbocycles. The molecule has 3 nitrogen and oxygen atoms in total. The van der Waals surface area contributed by atoms with Gasteiger partial charge in [-0.15, -0.1) is 0 Å². The summed E-state index contributed by atoms with van der Waals surface area (Å²) in [5, 5.41) is 0. The molecule has 3 heteroatoms. The fraction of sp³-hybridized carbons (Fsp3) is 1.00. The van der Waals surface area contributed by atoms with E-state index in [0.717, 1.165) is 38.9 Å². The molecule has 0 amide bonds. The Balaban J connectivity index is 2.45. The van der Waals surface area contributed by atoms with Gasteiger partial charge in [-0.25, -0.2) is 0 Å². The number of likely N-dealkylation sites (tertiary alicyclic amines) is 1. The summed E-state index contributed by atoms with van der Waals surface area (Å²) in [6.45, 7) is 3.00. The molecule has 1 saturated heterocycles. The van der Waals surface area contributed by atoms with Gasteiger partial charge in [0.15, 0.2) is 0 Å². The number of ether oxygens (including phenoxy) is 1. The largest absolute Gasteiger partial charge is 0.378 e. The summed E-state index contributed by atoms with van der Waals surface area (Å²) in [5.41, 5.74) is 5.65. The molecule has 0 saturated carbocycles. The van der Waals surface area contributed by atoms with Crippen molar-refractivity contribution in [2.45, 2.75) is 24.9 Å². The Bertz CT molecular complexity index is 130. The number of hydrogen-bond donors (Lipinski definition) is 1. The number of nitrogens with zero attached hydrogens (tertiary/aromatic N) is 1. The highest BCUT2D eigenvalue weighted by Crippen LogP contribution is 2.27. The third kappa shape index (κ3) is 2.19. The van der Waals surface area contributed by atoms with Crippen molar-refractivity contribution >= 4 is 0 Å². The van der Waals surface area contributed by atoms with Gasteiger partial charge in [0.05, 0.1) is 5.60 Å². The van der Waals surface area contributed by atoms with E-state index in [-0.39, 0.29) is 5.60 Å². The maximum Gasteiger partial charge on any atom is 0.0715 e. The Hall–Kier alpha value is -0.120. The third-order valence-electron chi connectivity index (χ3n) is 2.93. The monoisotopic (exact) mass is 172 g/mol. The molecule has 2 N–H and O–H groups in total. The van der Waals surface area contributed by atoms with Crippen molar-refractivity contribution in [2.24, 2.45) is 5.73 Å². The van der Waals surface area contributed by atoms with Crippen molar-refractivity contribution in [1.29, 1.82) is 0 Å². The molecule has 0 bridgehead atoms. The highest BCUT2D eigenvalue weighted by atomic mass is 16.5. The van der Waals surface area contributed by atoms with Gasteiger partial charge in [0.1, 0.15) is 0 Å². The van der Waals surface area contributed by atoms with Crippen LogP contribution in [0.15, 0.2) is 0 Å². The molecule has 1 aliphatic heterocycles. The van der Waals surface area contributed by atoms with Crippen molar-refractivity contribution < 1.29 is 4.74 Å². The normalized spacial score (nSPS) is 24.2. The molecule has 12 heavy (non-hydrogen) atoms. The topological polar surface area (TPSA) is 38.5 Å². The average Bonchev–Trinajstić information content (AvgIpc) is 2.10. The Morgan fingerprint density at radius 2 is 2.00 bits per heavy atom. The van der Waals surface area contributed by atoms with Crippen molar-refractivity contribution in [1.82, 2.24) is 4.90 Å². The van der Waals surface area contributed by atoms with Crippen LogP contribution in [-0.2, 0) is 4.74 Å². The predicted octanol–water partition coefficient (Wildman–Crippen LogP) is 0.446. The van der Waals surface area contributed by atoms with Crippen molar-refractivity contribution in [3.05, 3.63) is 0 Å². The van der Waals surface area contributed by atoms with Gasteiger partial charge in [-0.2, -0.15) is 0 Å². The molecule has 72 valence electrons. The van der Waals surface area contributed by atoms with Crippen LogP contribution in [-0.4, -0.2) is 44.3 Å². The predicted molar refractivity (Wildman–Crippen MR) is 50.1 cm³/mol. The van der Waals surface area contributed by atoms with Gasteiger partial charge >= 0.3 is 0 Å². The van der Waals surface area contributed by atoms with Crippen LogP contribution in [0.1, 0.15) is 19.3 Å². The Morgan fingerprint density at radius 3 is 2.42 bits per heavy atom. The van der Waals surface area contributed by atoms with Gasteiger partial charge in [0.2, 0.25) is 0 Å². The van der Waals surface area contributed by atoms with Gasteiger partial charge in [0.25, 0.3) is 0 Å². The van der Waals surface area contributed by atoms with Crippen LogP contribution >= 0.6 is 0 Å². The quantitative estimate of drug-likeness (QED) is 0.671. The van der Waals surface area contributed by atoms with E-state index in [0.29, 0.717) is 0 Å². The number of nitrogens with two attached hydrogens (primary N) is 1. The first kappa shape index (κ1) is 9.96. The number of piperidine rings is 1. The van der Waals surface area contributed by atoms with E-state index in [1.165, 1.54) is 0 Å². The van der Waals surface area contributed by atoms with E-state index >= 15 is 0 Å². The van der Waals surface area contributed by atoms with Crippen molar-refractivity contribution in [3.8, 4) is 0 Å². The van der Waals surface area contributed by atoms with Crippen LogP contribution in [0, 0.1) is 0 Å². The van der Waals surface area contributed by atoms with Gasteiger partial charge < -0.3 is 15.4 Å². The molecule has 0 atom stereocenters. The lowest BCUT2D eigenvalue weighted by Crippen LogP contribution is -2.45. The SMILES string of the molecule is COC1(CCN)CCN(C)CC1. The zero-order valence-electron chi connectivity index (χ0n) is 8.18. The highest BCUT2D eigenvalue weighted by Gasteiger charge is 2.32. The van der Waals surface area contributed by atoms with Crippen molar-refractivity contribution in [2.75, 3.05) is 33.8 Å². The minimum atomic E-state index is 0.0846. The first-order valence-corrected chi connectivity index (χ1v) is 4.66.